The minimum absolute atomic E-state index is 0.165. The number of hydrogen-bond acceptors (Lipinski definition) is 23. The smallest absolute Gasteiger partial charge is 0.335 e. The second-order valence-corrected chi connectivity index (χ2v) is 25.9. The fourth-order valence-corrected chi connectivity index (χ4v) is 16.2. The van der Waals surface area contributed by atoms with E-state index in [4.69, 9.17) is 37.9 Å². The highest BCUT2D eigenvalue weighted by molar-refractivity contribution is 5.89. The van der Waals surface area contributed by atoms with E-state index < -0.39 is 205 Å². The van der Waals surface area contributed by atoms with Crippen molar-refractivity contribution in [2.24, 2.45) is 50.2 Å². The first kappa shape index (κ1) is 63.9. The van der Waals surface area contributed by atoms with Crippen LogP contribution in [0.25, 0.3) is 0 Å². The maximum Gasteiger partial charge on any atom is 0.335 e. The van der Waals surface area contributed by atoms with Crippen molar-refractivity contribution < 1.29 is 119 Å². The molecule has 0 aromatic carbocycles. The second kappa shape index (κ2) is 23.3. The molecule has 0 bridgehead atoms. The monoisotopic (exact) mass is 1160 g/mol. The van der Waals surface area contributed by atoms with E-state index in [1.807, 2.05) is 27.7 Å². The molecule has 5 aliphatic carbocycles. The van der Waals surface area contributed by atoms with Crippen LogP contribution in [0.2, 0.25) is 0 Å². The van der Waals surface area contributed by atoms with Gasteiger partial charge in [0.1, 0.15) is 67.1 Å². The summed E-state index contributed by atoms with van der Waals surface area (Å²) in [4.78, 5) is 40.4. The molecule has 24 heteroatoms. The SMILES string of the molecule is C/C=C(/C)C(=O)O[C@H]1[C@H](OC(=O)/C(C)=C\C)[C@@]2(CO)C(CC1(C)C)C1=CCC3[C@@]4(C)CC[C@H](O[C@@H]5OC(C(=O)O)[C@@H](O)C(O[C@@H]6O[C@@H](CO)C(O)C6O)C5O[C@@H]5OC(CO)[C@@H](O)C(O)C5O)[C@@](C)(CO)C4CC[C@@]3(C)[C@]1(C)[C@@H](O)[C@H]2O. The van der Waals surface area contributed by atoms with Gasteiger partial charge in [0, 0.05) is 27.4 Å². The number of aliphatic hydroxyl groups excluding tert-OH is 12. The molecule has 11 unspecified atom stereocenters. The minimum Gasteiger partial charge on any atom is -0.479 e. The molecule has 13 N–H and O–H groups in total. The normalized spacial score (nSPS) is 49.8. The molecule has 460 valence electrons. The largest absolute Gasteiger partial charge is 0.479 e. The second-order valence-electron chi connectivity index (χ2n) is 25.9. The fourth-order valence-electron chi connectivity index (χ4n) is 16.2. The number of carbonyl (C=O) groups excluding carboxylic acids is 2. The lowest BCUT2D eigenvalue weighted by Gasteiger charge is -2.73. The van der Waals surface area contributed by atoms with Gasteiger partial charge in [0.05, 0.1) is 50.2 Å². The molecule has 81 heavy (non-hydrogen) atoms. The van der Waals surface area contributed by atoms with Crippen molar-refractivity contribution in [3.05, 3.63) is 34.9 Å². The van der Waals surface area contributed by atoms with Crippen LogP contribution in [0, 0.1) is 50.2 Å². The van der Waals surface area contributed by atoms with E-state index in [0.717, 1.165) is 5.57 Å². The molecule has 8 aliphatic rings. The molecule has 4 saturated carbocycles. The highest BCUT2D eigenvalue weighted by atomic mass is 16.8. The molecule has 3 heterocycles. The summed E-state index contributed by atoms with van der Waals surface area (Å²) >= 11 is 0. The van der Waals surface area contributed by atoms with Crippen molar-refractivity contribution in [2.45, 2.75) is 224 Å². The first-order valence-electron chi connectivity index (χ1n) is 28.3. The van der Waals surface area contributed by atoms with Gasteiger partial charge in [0.2, 0.25) is 0 Å². The molecule has 3 saturated heterocycles. The van der Waals surface area contributed by atoms with Crippen LogP contribution in [-0.4, -0.2) is 227 Å². The average Bonchev–Trinajstić information content (AvgIpc) is 1.99. The Kier molecular flexibility index (Phi) is 18.4. The van der Waals surface area contributed by atoms with E-state index in [1.165, 1.54) is 0 Å². The third-order valence-corrected chi connectivity index (χ3v) is 21.5. The summed E-state index contributed by atoms with van der Waals surface area (Å²) in [5.74, 6) is -4.48. The summed E-state index contributed by atoms with van der Waals surface area (Å²) in [6.07, 6.45) is -25.7. The summed E-state index contributed by atoms with van der Waals surface area (Å²) in [6, 6.07) is 0. The molecule has 27 atom stereocenters. The van der Waals surface area contributed by atoms with Crippen molar-refractivity contribution in [1.29, 1.82) is 0 Å². The lowest BCUT2D eigenvalue weighted by atomic mass is 9.32. The molecule has 3 aliphatic heterocycles. The third-order valence-electron chi connectivity index (χ3n) is 21.5. The van der Waals surface area contributed by atoms with Crippen molar-refractivity contribution in [3.63, 3.8) is 0 Å². The number of allylic oxidation sites excluding steroid dienone is 3. The van der Waals surface area contributed by atoms with E-state index >= 15 is 0 Å². The quantitative estimate of drug-likeness (QED) is 0.0415. The van der Waals surface area contributed by atoms with Gasteiger partial charge in [-0.1, -0.05) is 65.3 Å². The molecule has 24 nitrogen and oxygen atoms in total. The third kappa shape index (κ3) is 9.98. The summed E-state index contributed by atoms with van der Waals surface area (Å²) in [7, 11) is 0. The minimum atomic E-state index is -2.18. The van der Waals surface area contributed by atoms with Gasteiger partial charge in [-0.3, -0.25) is 0 Å². The molecule has 0 radical (unpaired) electrons. The van der Waals surface area contributed by atoms with Gasteiger partial charge in [0.25, 0.3) is 0 Å². The van der Waals surface area contributed by atoms with Crippen LogP contribution in [0.15, 0.2) is 34.9 Å². The van der Waals surface area contributed by atoms with Crippen LogP contribution < -0.4 is 0 Å². The summed E-state index contributed by atoms with van der Waals surface area (Å²) < 4.78 is 48.8. The Labute approximate surface area is 471 Å². The first-order chi connectivity index (χ1) is 37.9. The Hall–Kier alpha value is -3.09. The zero-order chi connectivity index (χ0) is 60.0. The van der Waals surface area contributed by atoms with Gasteiger partial charge in [-0.05, 0) is 94.8 Å². The van der Waals surface area contributed by atoms with Crippen LogP contribution in [0.4, 0.5) is 0 Å². The number of carboxylic acid groups (broad SMARTS) is 1. The van der Waals surface area contributed by atoms with Crippen LogP contribution in [0.3, 0.4) is 0 Å². The molecule has 0 aromatic rings. The Morgan fingerprint density at radius 3 is 1.70 bits per heavy atom. The van der Waals surface area contributed by atoms with Gasteiger partial charge in [0.15, 0.2) is 31.1 Å². The fraction of sp³-hybridized carbons (Fsp3) is 0.842. The first-order valence-corrected chi connectivity index (χ1v) is 28.3. The van der Waals surface area contributed by atoms with Crippen molar-refractivity contribution in [3.8, 4) is 0 Å². The van der Waals surface area contributed by atoms with Crippen molar-refractivity contribution >= 4 is 17.9 Å². The Morgan fingerprint density at radius 2 is 1.17 bits per heavy atom. The topological polar surface area (TPSA) is 388 Å². The molecule has 7 fully saturated rings. The Morgan fingerprint density at radius 1 is 0.630 bits per heavy atom. The molecule has 0 amide bonds. The molecular formula is C57H88O24. The van der Waals surface area contributed by atoms with E-state index in [-0.39, 0.29) is 24.3 Å². The molecule has 0 spiro atoms. The van der Waals surface area contributed by atoms with Crippen molar-refractivity contribution in [2.75, 3.05) is 26.4 Å². The highest BCUT2D eigenvalue weighted by Crippen LogP contribution is 2.76. The zero-order valence-corrected chi connectivity index (χ0v) is 47.8. The number of rotatable bonds is 15. The van der Waals surface area contributed by atoms with Gasteiger partial charge >= 0.3 is 17.9 Å². The van der Waals surface area contributed by atoms with Gasteiger partial charge in [-0.2, -0.15) is 0 Å². The predicted octanol–water partition coefficient (Wildman–Crippen LogP) is -0.765. The van der Waals surface area contributed by atoms with Gasteiger partial charge < -0.3 is 104 Å². The number of aliphatic carboxylic acids is 1. The number of ether oxygens (including phenoxy) is 8. The lowest BCUT2D eigenvalue weighted by molar-refractivity contribution is -0.387. The van der Waals surface area contributed by atoms with Crippen LogP contribution in [0.1, 0.15) is 108 Å². The van der Waals surface area contributed by atoms with Gasteiger partial charge in [-0.25, -0.2) is 14.4 Å². The number of carbonyl (C=O) groups is 3. The van der Waals surface area contributed by atoms with Crippen molar-refractivity contribution in [1.82, 2.24) is 0 Å². The lowest BCUT2D eigenvalue weighted by Crippen LogP contribution is -2.76. The number of esters is 2. The summed E-state index contributed by atoms with van der Waals surface area (Å²) in [5.41, 5.74) is -5.25. The number of aliphatic hydroxyl groups is 12. The number of fused-ring (bicyclic) bond motifs is 7. The molecule has 0 aromatic heterocycles. The number of carboxylic acids is 1. The van der Waals surface area contributed by atoms with E-state index in [0.29, 0.717) is 31.3 Å². The van der Waals surface area contributed by atoms with E-state index in [2.05, 4.69) is 19.9 Å². The van der Waals surface area contributed by atoms with Crippen LogP contribution in [-0.2, 0) is 52.3 Å². The molecular weight excluding hydrogens is 1070 g/mol. The zero-order valence-electron chi connectivity index (χ0n) is 47.8. The standard InChI is InChI=1S/C57H88O24/c1-11-24(3)47(72)80-44-45(81-48(73)25(4)12-2)57(23-61)27(19-52(44,5)6)26-13-14-31-53(7)17-16-32(54(8,22-60)30(53)15-18-55(31,9)56(26,10)42(68)43(57)69)76-51-41(79-50-37(66)35(64)33(62)28(20-58)74-50)39(38(67)40(78-51)46(70)71)77-49-36(65)34(63)29(21-59)75-49/h11-13,27-45,49-51,58-69H,14-23H2,1-10H3,(H,70,71)/b24-11-,25-12-/t27?,28?,29-,30?,31?,32-,33+,34?,35?,36?,37?,38-,39?,40?,41?,42-,43+,44-,45-,49-,50-,51+,53-,54-,55+,56-,57-/m0/s1. The Balaban J connectivity index is 1.15. The summed E-state index contributed by atoms with van der Waals surface area (Å²) in [5, 5.41) is 146. The van der Waals surface area contributed by atoms with Gasteiger partial charge in [-0.15, -0.1) is 0 Å². The summed E-state index contributed by atoms with van der Waals surface area (Å²) in [6.45, 7) is 15.3. The average molecular weight is 1160 g/mol. The van der Waals surface area contributed by atoms with E-state index in [1.54, 1.807) is 39.8 Å². The maximum atomic E-state index is 13.9. The predicted molar refractivity (Wildman–Crippen MR) is 278 cm³/mol. The van der Waals surface area contributed by atoms with E-state index in [9.17, 15) is 80.8 Å². The number of hydrogen-bond donors (Lipinski definition) is 13. The Bertz CT molecular complexity index is 2410. The highest BCUT2D eigenvalue weighted by Gasteiger charge is 2.77. The maximum absolute atomic E-state index is 13.9. The van der Waals surface area contributed by atoms with Crippen LogP contribution >= 0.6 is 0 Å². The van der Waals surface area contributed by atoms with Crippen LogP contribution in [0.5, 0.6) is 0 Å². The molecule has 8 rings (SSSR count).